The number of hydrogen-bond donors (Lipinski definition) is 1. The van der Waals surface area contributed by atoms with Gasteiger partial charge in [-0.1, -0.05) is 18.2 Å². The van der Waals surface area contributed by atoms with Gasteiger partial charge < -0.3 is 9.84 Å². The van der Waals surface area contributed by atoms with Crippen LogP contribution in [0.25, 0.3) is 0 Å². The number of para-hydroxylation sites is 1. The molecular formula is C15H16BrNO2. The van der Waals surface area contributed by atoms with Gasteiger partial charge in [-0.2, -0.15) is 0 Å². The van der Waals surface area contributed by atoms with Crippen molar-refractivity contribution in [3.8, 4) is 5.75 Å². The lowest BCUT2D eigenvalue weighted by atomic mass is 10.0. The number of aliphatic hydroxyl groups excluding tert-OH is 1. The van der Waals surface area contributed by atoms with Crippen molar-refractivity contribution in [1.29, 1.82) is 0 Å². The number of hydrogen-bond acceptors (Lipinski definition) is 3. The number of aromatic nitrogens is 1. The average molecular weight is 322 g/mol. The van der Waals surface area contributed by atoms with Crippen LogP contribution in [0.1, 0.15) is 24.3 Å². The van der Waals surface area contributed by atoms with E-state index in [1.54, 1.807) is 6.20 Å². The molecule has 0 amide bonds. The topological polar surface area (TPSA) is 42.4 Å². The van der Waals surface area contributed by atoms with E-state index in [4.69, 9.17) is 4.74 Å². The van der Waals surface area contributed by atoms with Crippen LogP contribution < -0.4 is 4.74 Å². The van der Waals surface area contributed by atoms with Crippen LogP contribution in [0.15, 0.2) is 47.1 Å². The summed E-state index contributed by atoms with van der Waals surface area (Å²) in [5.41, 5.74) is 1.65. The highest BCUT2D eigenvalue weighted by Gasteiger charge is 2.14. The highest BCUT2D eigenvalue weighted by atomic mass is 79.9. The molecule has 0 radical (unpaired) electrons. The monoisotopic (exact) mass is 321 g/mol. The van der Waals surface area contributed by atoms with Crippen LogP contribution in [0.3, 0.4) is 0 Å². The summed E-state index contributed by atoms with van der Waals surface area (Å²) in [6, 6.07) is 11.4. The van der Waals surface area contributed by atoms with E-state index in [0.717, 1.165) is 21.5 Å². The lowest BCUT2D eigenvalue weighted by molar-refractivity contribution is 0.171. The Morgan fingerprint density at radius 2 is 2.05 bits per heavy atom. The molecule has 1 heterocycles. The van der Waals surface area contributed by atoms with E-state index in [1.807, 2.05) is 43.3 Å². The Bertz CT molecular complexity index is 528. The fourth-order valence-corrected chi connectivity index (χ4v) is 2.11. The first-order valence-corrected chi connectivity index (χ1v) is 7.00. The molecule has 0 spiro atoms. The largest absolute Gasteiger partial charge is 0.493 e. The summed E-state index contributed by atoms with van der Waals surface area (Å²) in [6.07, 6.45) is 1.59. The maximum absolute atomic E-state index is 10.3. The molecule has 0 aliphatic rings. The molecule has 0 aliphatic heterocycles. The van der Waals surface area contributed by atoms with Crippen molar-refractivity contribution < 1.29 is 9.84 Å². The molecule has 2 rings (SSSR count). The van der Waals surface area contributed by atoms with E-state index in [9.17, 15) is 5.11 Å². The van der Waals surface area contributed by atoms with Crippen molar-refractivity contribution in [1.82, 2.24) is 4.98 Å². The minimum absolute atomic E-state index is 0.470. The van der Waals surface area contributed by atoms with Gasteiger partial charge in [0.05, 0.1) is 12.7 Å². The number of pyridine rings is 1. The number of nitrogens with zero attached hydrogens (tertiary/aromatic N) is 1. The second-order valence-corrected chi connectivity index (χ2v) is 5.07. The molecule has 1 aromatic carbocycles. The standard InChI is InChI=1S/C15H16BrNO2/c1-2-19-15-6-4-3-5-13(15)14(18)9-12-8-7-11(16)10-17-12/h3-8,10,14,18H,2,9H2,1H3. The maximum Gasteiger partial charge on any atom is 0.125 e. The predicted molar refractivity (Wildman–Crippen MR) is 78.2 cm³/mol. The van der Waals surface area contributed by atoms with Gasteiger partial charge in [0.2, 0.25) is 0 Å². The Balaban J connectivity index is 2.15. The zero-order valence-electron chi connectivity index (χ0n) is 10.7. The molecule has 1 N–H and O–H groups in total. The second-order valence-electron chi connectivity index (χ2n) is 4.16. The normalized spacial score (nSPS) is 12.2. The number of ether oxygens (including phenoxy) is 1. The summed E-state index contributed by atoms with van der Waals surface area (Å²) in [4.78, 5) is 4.27. The third-order valence-corrected chi connectivity index (χ3v) is 3.24. The number of benzene rings is 1. The first-order valence-electron chi connectivity index (χ1n) is 6.21. The average Bonchev–Trinajstić information content (AvgIpc) is 2.42. The Labute approximate surface area is 121 Å². The van der Waals surface area contributed by atoms with Gasteiger partial charge in [0.15, 0.2) is 0 Å². The molecule has 0 saturated carbocycles. The second kappa shape index (κ2) is 6.68. The van der Waals surface area contributed by atoms with E-state index < -0.39 is 6.10 Å². The number of aliphatic hydroxyl groups is 1. The summed E-state index contributed by atoms with van der Waals surface area (Å²) >= 11 is 3.34. The lowest BCUT2D eigenvalue weighted by Crippen LogP contribution is -2.06. The van der Waals surface area contributed by atoms with Gasteiger partial charge in [0.25, 0.3) is 0 Å². The van der Waals surface area contributed by atoms with Crippen LogP contribution in [0, 0.1) is 0 Å². The molecule has 100 valence electrons. The smallest absolute Gasteiger partial charge is 0.125 e. The molecule has 1 aromatic heterocycles. The SMILES string of the molecule is CCOc1ccccc1C(O)Cc1ccc(Br)cn1. The first kappa shape index (κ1) is 14.0. The highest BCUT2D eigenvalue weighted by molar-refractivity contribution is 9.10. The number of halogens is 1. The highest BCUT2D eigenvalue weighted by Crippen LogP contribution is 2.27. The van der Waals surface area contributed by atoms with Crippen molar-refractivity contribution in [2.75, 3.05) is 6.61 Å². The summed E-state index contributed by atoms with van der Waals surface area (Å²) in [7, 11) is 0. The number of rotatable bonds is 5. The van der Waals surface area contributed by atoms with Gasteiger partial charge in [-0.05, 0) is 41.1 Å². The molecule has 0 bridgehead atoms. The maximum atomic E-state index is 10.3. The predicted octanol–water partition coefficient (Wildman–Crippen LogP) is 3.52. The zero-order valence-corrected chi connectivity index (χ0v) is 12.3. The summed E-state index contributed by atoms with van der Waals surface area (Å²) < 4.78 is 6.46. The third kappa shape index (κ3) is 3.78. The van der Waals surface area contributed by atoms with Gasteiger partial charge >= 0.3 is 0 Å². The molecule has 0 fully saturated rings. The Hall–Kier alpha value is -1.39. The van der Waals surface area contributed by atoms with Crippen molar-refractivity contribution in [3.05, 3.63) is 58.3 Å². The fourth-order valence-electron chi connectivity index (χ4n) is 1.88. The van der Waals surface area contributed by atoms with Gasteiger partial charge in [-0.25, -0.2) is 0 Å². The van der Waals surface area contributed by atoms with Crippen LogP contribution >= 0.6 is 15.9 Å². The molecule has 0 aliphatic carbocycles. The Morgan fingerprint density at radius 3 is 2.74 bits per heavy atom. The first-order chi connectivity index (χ1) is 9.20. The van der Waals surface area contributed by atoms with Crippen molar-refractivity contribution >= 4 is 15.9 Å². The van der Waals surface area contributed by atoms with E-state index in [-0.39, 0.29) is 0 Å². The van der Waals surface area contributed by atoms with Crippen molar-refractivity contribution in [2.45, 2.75) is 19.4 Å². The minimum Gasteiger partial charge on any atom is -0.493 e. The van der Waals surface area contributed by atoms with Gasteiger partial charge in [-0.3, -0.25) is 4.98 Å². The van der Waals surface area contributed by atoms with E-state index in [1.165, 1.54) is 0 Å². The van der Waals surface area contributed by atoms with Crippen LogP contribution in [0.4, 0.5) is 0 Å². The molecule has 2 aromatic rings. The quantitative estimate of drug-likeness (QED) is 0.916. The molecule has 4 heteroatoms. The summed E-state index contributed by atoms with van der Waals surface area (Å²) in [5, 5.41) is 10.3. The van der Waals surface area contributed by atoms with Crippen molar-refractivity contribution in [3.63, 3.8) is 0 Å². The third-order valence-electron chi connectivity index (χ3n) is 2.77. The molecule has 1 atom stereocenters. The Kier molecular flexibility index (Phi) is 4.93. The minimum atomic E-state index is -0.614. The molecule has 3 nitrogen and oxygen atoms in total. The van der Waals surface area contributed by atoms with Crippen LogP contribution in [0.5, 0.6) is 5.75 Å². The Morgan fingerprint density at radius 1 is 1.26 bits per heavy atom. The molecular weight excluding hydrogens is 306 g/mol. The van der Waals surface area contributed by atoms with Gasteiger partial charge in [0, 0.05) is 28.3 Å². The van der Waals surface area contributed by atoms with E-state index >= 15 is 0 Å². The fraction of sp³-hybridized carbons (Fsp3) is 0.267. The molecule has 0 saturated heterocycles. The van der Waals surface area contributed by atoms with Crippen LogP contribution in [0.2, 0.25) is 0 Å². The van der Waals surface area contributed by atoms with Gasteiger partial charge in [0.1, 0.15) is 5.75 Å². The van der Waals surface area contributed by atoms with E-state index in [2.05, 4.69) is 20.9 Å². The lowest BCUT2D eigenvalue weighted by Gasteiger charge is -2.15. The molecule has 1 unspecified atom stereocenters. The molecule has 19 heavy (non-hydrogen) atoms. The summed E-state index contributed by atoms with van der Waals surface area (Å²) in [6.45, 7) is 2.51. The van der Waals surface area contributed by atoms with E-state index in [0.29, 0.717) is 13.0 Å². The van der Waals surface area contributed by atoms with Gasteiger partial charge in [-0.15, -0.1) is 0 Å². The van der Waals surface area contributed by atoms with Crippen LogP contribution in [-0.4, -0.2) is 16.7 Å². The van der Waals surface area contributed by atoms with Crippen molar-refractivity contribution in [2.24, 2.45) is 0 Å². The van der Waals surface area contributed by atoms with Crippen LogP contribution in [-0.2, 0) is 6.42 Å². The zero-order chi connectivity index (χ0) is 13.7. The summed E-state index contributed by atoms with van der Waals surface area (Å²) in [5.74, 6) is 0.731.